The van der Waals surface area contributed by atoms with Crippen molar-refractivity contribution in [2.24, 2.45) is 17.8 Å². The molecule has 2 rings (SSSR count). The smallest absolute Gasteiger partial charge is 0.309 e. The van der Waals surface area contributed by atoms with E-state index in [4.69, 9.17) is 4.74 Å². The predicted molar refractivity (Wildman–Crippen MR) is 46.0 cm³/mol. The molecule has 2 fully saturated rings. The Hall–Kier alpha value is -0.860. The number of hydrogen-bond acceptors (Lipinski definition) is 3. The van der Waals surface area contributed by atoms with Gasteiger partial charge in [0.2, 0.25) is 0 Å². The second-order valence-corrected chi connectivity index (χ2v) is 3.83. The Kier molecular flexibility index (Phi) is 2.10. The number of ketones is 1. The number of rotatable bonds is 2. The van der Waals surface area contributed by atoms with Crippen molar-refractivity contribution < 1.29 is 14.3 Å². The van der Waals surface area contributed by atoms with E-state index in [1.807, 2.05) is 0 Å². The lowest BCUT2D eigenvalue weighted by atomic mass is 10.00. The molecule has 72 valence electrons. The third kappa shape index (κ3) is 1.36. The topological polar surface area (TPSA) is 43.4 Å². The summed E-state index contributed by atoms with van der Waals surface area (Å²) in [4.78, 5) is 22.7. The van der Waals surface area contributed by atoms with Gasteiger partial charge in [-0.15, -0.1) is 0 Å². The van der Waals surface area contributed by atoms with E-state index in [0.29, 0.717) is 18.9 Å². The number of hydrogen-bond donors (Lipinski definition) is 0. The fraction of sp³-hybridized carbons (Fsp3) is 0.800. The first kappa shape index (κ1) is 8.73. The standard InChI is InChI=1S/C10H14O3/c1-2-13-10(12)9-6-4-3-5-7(11)8(6)9/h6,8-9H,2-5H2,1H3/t6-,8+,9?/m0/s1. The fourth-order valence-electron chi connectivity index (χ4n) is 2.41. The Morgan fingerprint density at radius 1 is 1.62 bits per heavy atom. The summed E-state index contributed by atoms with van der Waals surface area (Å²) in [5.41, 5.74) is 0. The molecule has 0 saturated heterocycles. The molecule has 0 aromatic heterocycles. The van der Waals surface area contributed by atoms with Gasteiger partial charge in [-0.3, -0.25) is 9.59 Å². The summed E-state index contributed by atoms with van der Waals surface area (Å²) in [5, 5.41) is 0. The molecular weight excluding hydrogens is 168 g/mol. The van der Waals surface area contributed by atoms with Gasteiger partial charge in [0.1, 0.15) is 5.78 Å². The lowest BCUT2D eigenvalue weighted by Gasteiger charge is -2.04. The van der Waals surface area contributed by atoms with E-state index in [1.165, 1.54) is 0 Å². The molecule has 0 bridgehead atoms. The van der Waals surface area contributed by atoms with Gasteiger partial charge in [0.15, 0.2) is 0 Å². The second-order valence-electron chi connectivity index (χ2n) is 3.83. The second kappa shape index (κ2) is 3.13. The van der Waals surface area contributed by atoms with Crippen LogP contribution in [0.3, 0.4) is 0 Å². The molecule has 2 aliphatic carbocycles. The zero-order chi connectivity index (χ0) is 9.42. The summed E-state index contributed by atoms with van der Waals surface area (Å²) >= 11 is 0. The Labute approximate surface area is 77.4 Å². The molecule has 2 saturated carbocycles. The van der Waals surface area contributed by atoms with Gasteiger partial charge in [0.25, 0.3) is 0 Å². The molecule has 1 unspecified atom stereocenters. The zero-order valence-electron chi connectivity index (χ0n) is 7.79. The van der Waals surface area contributed by atoms with Gasteiger partial charge < -0.3 is 4.74 Å². The van der Waals surface area contributed by atoms with Crippen molar-refractivity contribution in [1.29, 1.82) is 0 Å². The van der Waals surface area contributed by atoms with E-state index >= 15 is 0 Å². The zero-order valence-corrected chi connectivity index (χ0v) is 7.79. The third-order valence-corrected chi connectivity index (χ3v) is 3.06. The molecule has 13 heavy (non-hydrogen) atoms. The first-order valence-electron chi connectivity index (χ1n) is 4.95. The molecule has 3 atom stereocenters. The Bertz CT molecular complexity index is 247. The minimum Gasteiger partial charge on any atom is -0.466 e. The molecule has 3 nitrogen and oxygen atoms in total. The van der Waals surface area contributed by atoms with E-state index in [0.717, 1.165) is 12.8 Å². The number of fused-ring (bicyclic) bond motifs is 1. The van der Waals surface area contributed by atoms with Gasteiger partial charge in [-0.25, -0.2) is 0 Å². The lowest BCUT2D eigenvalue weighted by Crippen LogP contribution is -2.11. The Morgan fingerprint density at radius 2 is 2.38 bits per heavy atom. The van der Waals surface area contributed by atoms with Gasteiger partial charge in [-0.1, -0.05) is 0 Å². The lowest BCUT2D eigenvalue weighted by molar-refractivity contribution is -0.146. The van der Waals surface area contributed by atoms with Gasteiger partial charge in [-0.2, -0.15) is 0 Å². The van der Waals surface area contributed by atoms with E-state index in [-0.39, 0.29) is 23.6 Å². The van der Waals surface area contributed by atoms with E-state index in [2.05, 4.69) is 0 Å². The van der Waals surface area contributed by atoms with E-state index in [9.17, 15) is 9.59 Å². The largest absolute Gasteiger partial charge is 0.466 e. The van der Waals surface area contributed by atoms with Crippen LogP contribution in [0.25, 0.3) is 0 Å². The molecule has 0 spiro atoms. The van der Waals surface area contributed by atoms with Crippen molar-refractivity contribution in [2.45, 2.75) is 26.2 Å². The maximum absolute atomic E-state index is 11.3. The van der Waals surface area contributed by atoms with Crippen molar-refractivity contribution in [3.8, 4) is 0 Å². The number of Topliss-reactive ketones (excluding diaryl/α,β-unsaturated/α-hetero) is 1. The summed E-state index contributed by atoms with van der Waals surface area (Å²) in [6.07, 6.45) is 2.65. The van der Waals surface area contributed by atoms with Crippen LogP contribution in [-0.4, -0.2) is 18.4 Å². The van der Waals surface area contributed by atoms with E-state index in [1.54, 1.807) is 6.92 Å². The van der Waals surface area contributed by atoms with Crippen LogP contribution in [0.5, 0.6) is 0 Å². The highest BCUT2D eigenvalue weighted by Crippen LogP contribution is 2.54. The first-order chi connectivity index (χ1) is 6.25. The average molecular weight is 182 g/mol. The Balaban J connectivity index is 1.97. The first-order valence-corrected chi connectivity index (χ1v) is 4.95. The highest BCUT2D eigenvalue weighted by Gasteiger charge is 2.60. The molecule has 0 amide bonds. The van der Waals surface area contributed by atoms with Gasteiger partial charge in [-0.05, 0) is 25.7 Å². The molecule has 0 radical (unpaired) electrons. The summed E-state index contributed by atoms with van der Waals surface area (Å²) in [7, 11) is 0. The summed E-state index contributed by atoms with van der Waals surface area (Å²) in [5.74, 6) is 0.366. The quantitative estimate of drug-likeness (QED) is 0.602. The number of ether oxygens (including phenoxy) is 1. The fourth-order valence-corrected chi connectivity index (χ4v) is 2.41. The molecule has 0 aliphatic heterocycles. The van der Waals surface area contributed by atoms with Crippen molar-refractivity contribution in [3.05, 3.63) is 0 Å². The molecule has 0 heterocycles. The van der Waals surface area contributed by atoms with Crippen molar-refractivity contribution >= 4 is 11.8 Å². The minimum atomic E-state index is -0.159. The van der Waals surface area contributed by atoms with Gasteiger partial charge in [0, 0.05) is 12.3 Å². The molecular formula is C10H14O3. The maximum atomic E-state index is 11.3. The van der Waals surface area contributed by atoms with Crippen molar-refractivity contribution in [1.82, 2.24) is 0 Å². The highest BCUT2D eigenvalue weighted by atomic mass is 16.5. The van der Waals surface area contributed by atoms with Gasteiger partial charge >= 0.3 is 5.97 Å². The van der Waals surface area contributed by atoms with Crippen LogP contribution in [0.4, 0.5) is 0 Å². The van der Waals surface area contributed by atoms with Crippen LogP contribution in [0.15, 0.2) is 0 Å². The summed E-state index contributed by atoms with van der Waals surface area (Å²) in [6, 6.07) is 0. The van der Waals surface area contributed by atoms with Crippen LogP contribution < -0.4 is 0 Å². The molecule has 0 aromatic carbocycles. The van der Waals surface area contributed by atoms with Crippen LogP contribution in [-0.2, 0) is 14.3 Å². The summed E-state index contributed by atoms with van der Waals surface area (Å²) < 4.78 is 4.91. The van der Waals surface area contributed by atoms with Gasteiger partial charge in [0.05, 0.1) is 12.5 Å². The Morgan fingerprint density at radius 3 is 3.00 bits per heavy atom. The third-order valence-electron chi connectivity index (χ3n) is 3.06. The SMILES string of the molecule is CCOC(=O)C1[C@H]2CCCC(=O)[C@H]12. The monoisotopic (exact) mass is 182 g/mol. The minimum absolute atomic E-state index is 0.0211. The predicted octanol–water partition coefficient (Wildman–Crippen LogP) is 1.16. The van der Waals surface area contributed by atoms with Crippen molar-refractivity contribution in [2.75, 3.05) is 6.61 Å². The highest BCUT2D eigenvalue weighted by molar-refractivity contribution is 5.93. The molecule has 0 N–H and O–H groups in total. The average Bonchev–Trinajstić information content (AvgIpc) is 2.80. The van der Waals surface area contributed by atoms with Crippen LogP contribution in [0.2, 0.25) is 0 Å². The van der Waals surface area contributed by atoms with Crippen molar-refractivity contribution in [3.63, 3.8) is 0 Å². The molecule has 3 heteroatoms. The van der Waals surface area contributed by atoms with Crippen LogP contribution >= 0.6 is 0 Å². The number of esters is 1. The maximum Gasteiger partial charge on any atom is 0.309 e. The molecule has 2 aliphatic rings. The molecule has 0 aromatic rings. The normalized spacial score (nSPS) is 36.7. The van der Waals surface area contributed by atoms with E-state index < -0.39 is 0 Å². The number of carbonyl (C=O) groups is 2. The number of carbonyl (C=O) groups excluding carboxylic acids is 2. The van der Waals surface area contributed by atoms with Crippen LogP contribution in [0, 0.1) is 17.8 Å². The summed E-state index contributed by atoms with van der Waals surface area (Å²) in [6.45, 7) is 2.22. The van der Waals surface area contributed by atoms with Crippen LogP contribution in [0.1, 0.15) is 26.2 Å².